The molecule has 13 nitrogen and oxygen atoms in total. The summed E-state index contributed by atoms with van der Waals surface area (Å²) < 4.78 is 50.6. The fourth-order valence-corrected chi connectivity index (χ4v) is 7.44. The summed E-state index contributed by atoms with van der Waals surface area (Å²) in [5.74, 6) is -3.91. The van der Waals surface area contributed by atoms with Gasteiger partial charge in [-0.3, -0.25) is 4.79 Å². The molecule has 2 fully saturated rings. The monoisotopic (exact) mass is 850 g/mol. The van der Waals surface area contributed by atoms with Gasteiger partial charge in [-0.2, -0.15) is 0 Å². The largest absolute Gasteiger partial charge is 0.499 e. The number of rotatable bonds is 23. The maximum absolute atomic E-state index is 12.7. The Balaban J connectivity index is 0.000000269. The zero-order valence-electron chi connectivity index (χ0n) is 36.7. The lowest BCUT2D eigenvalue weighted by atomic mass is 10.0. The average molecular weight is 851 g/mol. The van der Waals surface area contributed by atoms with Gasteiger partial charge >= 0.3 is 17.9 Å². The Morgan fingerprint density at radius 1 is 0.623 bits per heavy atom. The van der Waals surface area contributed by atoms with Crippen LogP contribution < -0.4 is 0 Å². The molecule has 0 saturated carbocycles. The molecule has 0 aliphatic carbocycles. The van der Waals surface area contributed by atoms with Gasteiger partial charge in [0.15, 0.2) is 35.3 Å². The van der Waals surface area contributed by atoms with E-state index in [1.54, 1.807) is 27.7 Å². The third-order valence-corrected chi connectivity index (χ3v) is 10.7. The molecule has 4 heterocycles. The molecular weight excluding hydrogens is 785 g/mol. The lowest BCUT2D eigenvalue weighted by Crippen LogP contribution is -2.33. The van der Waals surface area contributed by atoms with Crippen LogP contribution in [0.4, 0.5) is 0 Å². The molecule has 2 aromatic carbocycles. The lowest BCUT2D eigenvalue weighted by molar-refractivity contribution is -0.164. The SMILES string of the molecule is CC1(C)OC[C@@H]([C@H]2OC(=O)C(O)=C2OCc2ccccc2)O1.CCCCCCCCCCCCCCCC(=O)OC1=C(OCc2ccccc2)[C@@H]([C@@H]2COC(C)(C)O2)OC1=O. The van der Waals surface area contributed by atoms with E-state index < -0.39 is 59.7 Å². The summed E-state index contributed by atoms with van der Waals surface area (Å²) >= 11 is 0. The number of carbonyl (C=O) groups excluding carboxylic acids is 3. The molecule has 0 unspecified atom stereocenters. The van der Waals surface area contributed by atoms with Crippen molar-refractivity contribution in [3.8, 4) is 0 Å². The minimum atomic E-state index is -0.831. The van der Waals surface area contributed by atoms with Gasteiger partial charge in [0.2, 0.25) is 5.76 Å². The van der Waals surface area contributed by atoms with Crippen molar-refractivity contribution in [3.63, 3.8) is 0 Å². The van der Waals surface area contributed by atoms with Crippen molar-refractivity contribution in [1.82, 2.24) is 0 Å². The Labute approximate surface area is 361 Å². The number of cyclic esters (lactones) is 2. The van der Waals surface area contributed by atoms with Gasteiger partial charge < -0.3 is 47.7 Å². The summed E-state index contributed by atoms with van der Waals surface area (Å²) in [4.78, 5) is 37.0. The molecule has 4 aliphatic heterocycles. The van der Waals surface area contributed by atoms with Crippen molar-refractivity contribution in [1.29, 1.82) is 0 Å². The molecule has 0 spiro atoms. The van der Waals surface area contributed by atoms with Crippen LogP contribution in [-0.2, 0) is 70.2 Å². The molecule has 0 bridgehead atoms. The van der Waals surface area contributed by atoms with E-state index in [1.165, 1.54) is 64.2 Å². The van der Waals surface area contributed by atoms with Crippen LogP contribution in [-0.4, -0.2) is 72.2 Å². The number of ether oxygens (including phenoxy) is 9. The van der Waals surface area contributed by atoms with Crippen LogP contribution in [0.3, 0.4) is 0 Å². The van der Waals surface area contributed by atoms with Gasteiger partial charge in [0.1, 0.15) is 25.4 Å². The molecule has 0 aromatic heterocycles. The molecule has 2 saturated heterocycles. The zero-order chi connectivity index (χ0) is 43.7. The van der Waals surface area contributed by atoms with Gasteiger partial charge in [-0.15, -0.1) is 0 Å². The fraction of sp³-hybridized carbons (Fsp3) is 0.604. The molecular formula is C48H66O13. The number of unbranched alkanes of at least 4 members (excludes halogenated alkanes) is 12. The molecule has 6 rings (SSSR count). The Kier molecular flexibility index (Phi) is 18.5. The van der Waals surface area contributed by atoms with Gasteiger partial charge in [0, 0.05) is 6.42 Å². The van der Waals surface area contributed by atoms with Crippen molar-refractivity contribution in [2.75, 3.05) is 13.2 Å². The van der Waals surface area contributed by atoms with Crippen LogP contribution in [0.5, 0.6) is 0 Å². The van der Waals surface area contributed by atoms with E-state index >= 15 is 0 Å². The van der Waals surface area contributed by atoms with E-state index in [4.69, 9.17) is 42.6 Å². The lowest BCUT2D eigenvalue weighted by Gasteiger charge is -2.22. The highest BCUT2D eigenvalue weighted by atomic mass is 16.8. The zero-order valence-corrected chi connectivity index (χ0v) is 36.7. The molecule has 4 atom stereocenters. The second-order valence-electron chi connectivity index (χ2n) is 16.8. The highest BCUT2D eigenvalue weighted by molar-refractivity contribution is 5.92. The Bertz CT molecular complexity index is 1750. The normalized spacial score (nSPS) is 22.8. The quantitative estimate of drug-likeness (QED) is 0.0642. The summed E-state index contributed by atoms with van der Waals surface area (Å²) in [5.41, 5.74) is 1.84. The van der Waals surface area contributed by atoms with Gasteiger partial charge in [-0.05, 0) is 45.2 Å². The van der Waals surface area contributed by atoms with Crippen LogP contribution >= 0.6 is 0 Å². The average Bonchev–Trinajstić information content (AvgIpc) is 3.97. The second kappa shape index (κ2) is 23.7. The Morgan fingerprint density at radius 2 is 1.05 bits per heavy atom. The first kappa shape index (κ1) is 47.6. The van der Waals surface area contributed by atoms with Gasteiger partial charge in [0.05, 0.1) is 13.2 Å². The smallest absolute Gasteiger partial charge is 0.378 e. The van der Waals surface area contributed by atoms with E-state index in [-0.39, 0.29) is 50.1 Å². The second-order valence-corrected chi connectivity index (χ2v) is 16.8. The van der Waals surface area contributed by atoms with Crippen LogP contribution in [0.25, 0.3) is 0 Å². The molecule has 0 radical (unpaired) electrons. The minimum absolute atomic E-state index is 0.0974. The van der Waals surface area contributed by atoms with Crippen molar-refractivity contribution >= 4 is 17.9 Å². The topological polar surface area (TPSA) is 155 Å². The fourth-order valence-electron chi connectivity index (χ4n) is 7.44. The maximum atomic E-state index is 12.7. The van der Waals surface area contributed by atoms with Crippen molar-refractivity contribution in [3.05, 3.63) is 94.8 Å². The molecule has 336 valence electrons. The summed E-state index contributed by atoms with van der Waals surface area (Å²) in [5, 5.41) is 9.88. The summed E-state index contributed by atoms with van der Waals surface area (Å²) in [6.07, 6.45) is 13.6. The predicted octanol–water partition coefficient (Wildman–Crippen LogP) is 9.57. The van der Waals surface area contributed by atoms with E-state index in [1.807, 2.05) is 60.7 Å². The first-order valence-electron chi connectivity index (χ1n) is 22.1. The van der Waals surface area contributed by atoms with Crippen LogP contribution in [0, 0.1) is 0 Å². The molecule has 13 heteroatoms. The molecule has 61 heavy (non-hydrogen) atoms. The summed E-state index contributed by atoms with van der Waals surface area (Å²) in [6.45, 7) is 10.3. The van der Waals surface area contributed by atoms with Gasteiger partial charge in [-0.25, -0.2) is 9.59 Å². The number of aliphatic hydroxyl groups excluding tert-OH is 1. The highest BCUT2D eigenvalue weighted by Crippen LogP contribution is 2.36. The van der Waals surface area contributed by atoms with Crippen LogP contribution in [0.2, 0.25) is 0 Å². The van der Waals surface area contributed by atoms with E-state index in [2.05, 4.69) is 6.92 Å². The number of hydrogen-bond donors (Lipinski definition) is 1. The number of esters is 3. The van der Waals surface area contributed by atoms with Crippen molar-refractivity contribution in [2.45, 2.75) is 174 Å². The van der Waals surface area contributed by atoms with Crippen LogP contribution in [0.1, 0.15) is 136 Å². The van der Waals surface area contributed by atoms with E-state index in [0.29, 0.717) is 0 Å². The number of benzene rings is 2. The van der Waals surface area contributed by atoms with Crippen molar-refractivity contribution in [2.24, 2.45) is 0 Å². The van der Waals surface area contributed by atoms with E-state index in [9.17, 15) is 19.5 Å². The number of aliphatic hydroxyl groups is 1. The molecule has 2 aromatic rings. The van der Waals surface area contributed by atoms with Gasteiger partial charge in [0.25, 0.3) is 5.76 Å². The predicted molar refractivity (Wildman–Crippen MR) is 225 cm³/mol. The third kappa shape index (κ3) is 15.2. The highest BCUT2D eigenvalue weighted by Gasteiger charge is 2.49. The summed E-state index contributed by atoms with van der Waals surface area (Å²) in [6, 6.07) is 19.0. The maximum Gasteiger partial charge on any atom is 0.378 e. The summed E-state index contributed by atoms with van der Waals surface area (Å²) in [7, 11) is 0. The minimum Gasteiger partial charge on any atom is -0.499 e. The van der Waals surface area contributed by atoms with Crippen molar-refractivity contribution < 1.29 is 62.1 Å². The van der Waals surface area contributed by atoms with Gasteiger partial charge in [-0.1, -0.05) is 145 Å². The first-order chi connectivity index (χ1) is 29.4. The number of hydrogen-bond acceptors (Lipinski definition) is 13. The van der Waals surface area contributed by atoms with Crippen LogP contribution in [0.15, 0.2) is 83.7 Å². The molecule has 1 N–H and O–H groups in total. The third-order valence-electron chi connectivity index (χ3n) is 10.7. The Hall–Kier alpha value is -4.43. The first-order valence-corrected chi connectivity index (χ1v) is 22.1. The Morgan fingerprint density at radius 3 is 1.51 bits per heavy atom. The number of carbonyl (C=O) groups is 3. The van der Waals surface area contributed by atoms with E-state index in [0.717, 1.165) is 30.4 Å². The standard InChI is InChI=1S/C32H48O7.C16H18O6/c1-4-5-6-7-8-9-10-11-12-13-14-15-19-22-27(33)37-30-29(35-23-25-20-17-16-18-21-25)28(38-31(30)34)26-24-36-32(2,3)39-26;1-16(2)20-9-11(22-16)13-14(12(17)15(18)21-13)19-8-10-6-4-3-5-7-10/h16-18,20-21,26,28H,4-15,19,22-24H2,1-3H3;3-7,11,13,17H,8-9H2,1-2H3/t26-,28+;11-,13+/m00/s1. The molecule has 4 aliphatic rings. The molecule has 0 amide bonds.